The SMILES string of the molecule is CN(C)[C@H]1C[C@@]23CC[C@]4(O2)C2CC=C(c5ccc6ncccc6c5)[C@@]2(C)CCC4(F)CC3[C@@H](O)[C@@H]1O. The zero-order valence-corrected chi connectivity index (χ0v) is 21.5. The van der Waals surface area contributed by atoms with Crippen LogP contribution in [0.5, 0.6) is 0 Å². The van der Waals surface area contributed by atoms with E-state index in [9.17, 15) is 10.2 Å². The van der Waals surface area contributed by atoms with E-state index in [1.54, 1.807) is 0 Å². The molecule has 0 amide bonds. The summed E-state index contributed by atoms with van der Waals surface area (Å²) in [5, 5.41) is 23.2. The first-order valence-electron chi connectivity index (χ1n) is 13.6. The quantitative estimate of drug-likeness (QED) is 0.646. The van der Waals surface area contributed by atoms with Crippen LogP contribution in [0.3, 0.4) is 0 Å². The van der Waals surface area contributed by atoms with E-state index in [0.717, 1.165) is 30.2 Å². The van der Waals surface area contributed by atoms with Crippen LogP contribution in [-0.2, 0) is 4.74 Å². The molecule has 2 aromatic rings. The molecule has 1 aromatic heterocycles. The van der Waals surface area contributed by atoms with E-state index in [-0.39, 0.29) is 29.7 Å². The summed E-state index contributed by atoms with van der Waals surface area (Å²) in [7, 11) is 3.88. The van der Waals surface area contributed by atoms with E-state index in [0.29, 0.717) is 19.3 Å². The number of fused-ring (bicyclic) bond motifs is 2. The fourth-order valence-electron chi connectivity index (χ4n) is 9.25. The molecule has 2 saturated carbocycles. The van der Waals surface area contributed by atoms with E-state index in [1.165, 1.54) is 11.1 Å². The maximum atomic E-state index is 17.2. The second kappa shape index (κ2) is 7.37. The third-order valence-corrected chi connectivity index (χ3v) is 11.1. The van der Waals surface area contributed by atoms with Crippen molar-refractivity contribution in [3.63, 3.8) is 0 Å². The number of hydrogen-bond donors (Lipinski definition) is 2. The van der Waals surface area contributed by atoms with Crippen LogP contribution in [-0.4, -0.2) is 69.3 Å². The number of pyridine rings is 1. The van der Waals surface area contributed by atoms with Gasteiger partial charge in [-0.05, 0) is 93.8 Å². The summed E-state index contributed by atoms with van der Waals surface area (Å²) in [5.41, 5.74) is 0.437. The van der Waals surface area contributed by atoms with E-state index in [4.69, 9.17) is 4.74 Å². The lowest BCUT2D eigenvalue weighted by Crippen LogP contribution is -2.72. The predicted molar refractivity (Wildman–Crippen MR) is 137 cm³/mol. The summed E-state index contributed by atoms with van der Waals surface area (Å²) in [6.07, 6.45) is 6.68. The molecule has 36 heavy (non-hydrogen) atoms. The molecule has 3 heterocycles. The average molecular weight is 493 g/mol. The maximum Gasteiger partial charge on any atom is 0.140 e. The molecular formula is C30H37FN2O3. The van der Waals surface area contributed by atoms with Crippen LogP contribution in [0.25, 0.3) is 16.5 Å². The summed E-state index contributed by atoms with van der Waals surface area (Å²) in [4.78, 5) is 6.46. The molecule has 2 bridgehead atoms. The lowest BCUT2D eigenvalue weighted by atomic mass is 9.51. The van der Waals surface area contributed by atoms with Gasteiger partial charge in [-0.1, -0.05) is 25.1 Å². The highest BCUT2D eigenvalue weighted by Crippen LogP contribution is 2.72. The van der Waals surface area contributed by atoms with Crippen molar-refractivity contribution in [1.29, 1.82) is 0 Å². The molecule has 9 atom stereocenters. The van der Waals surface area contributed by atoms with Crippen molar-refractivity contribution < 1.29 is 19.3 Å². The first-order chi connectivity index (χ1) is 17.1. The van der Waals surface area contributed by atoms with Gasteiger partial charge in [0.2, 0.25) is 0 Å². The van der Waals surface area contributed by atoms with Crippen molar-refractivity contribution in [3.05, 3.63) is 48.2 Å². The van der Waals surface area contributed by atoms with Gasteiger partial charge in [0, 0.05) is 29.5 Å². The van der Waals surface area contributed by atoms with E-state index in [2.05, 4.69) is 42.2 Å². The van der Waals surface area contributed by atoms with Gasteiger partial charge in [-0.25, -0.2) is 4.39 Å². The number of hydrogen-bond acceptors (Lipinski definition) is 5. The van der Waals surface area contributed by atoms with Crippen LogP contribution < -0.4 is 0 Å². The number of benzene rings is 1. The molecule has 2 aliphatic heterocycles. The molecule has 1 aromatic carbocycles. The number of aromatic nitrogens is 1. The van der Waals surface area contributed by atoms with Crippen molar-refractivity contribution in [2.45, 2.75) is 87.0 Å². The number of aliphatic hydroxyl groups is 2. The van der Waals surface area contributed by atoms with Gasteiger partial charge in [-0.3, -0.25) is 4.98 Å². The molecule has 2 saturated heterocycles. The van der Waals surface area contributed by atoms with Gasteiger partial charge < -0.3 is 19.8 Å². The monoisotopic (exact) mass is 492 g/mol. The Balaban J connectivity index is 1.27. The summed E-state index contributed by atoms with van der Waals surface area (Å²) in [5.74, 6) is -0.305. The number of aliphatic hydroxyl groups excluding tert-OH is 2. The number of nitrogens with zero attached hydrogens (tertiary/aromatic N) is 2. The fourth-order valence-corrected chi connectivity index (χ4v) is 9.25. The Morgan fingerprint density at radius 3 is 2.69 bits per heavy atom. The van der Waals surface area contributed by atoms with E-state index >= 15 is 4.39 Å². The van der Waals surface area contributed by atoms with Crippen molar-refractivity contribution in [1.82, 2.24) is 9.88 Å². The number of halogens is 1. The zero-order valence-electron chi connectivity index (χ0n) is 21.5. The van der Waals surface area contributed by atoms with Crippen LogP contribution in [0, 0.1) is 17.3 Å². The standard InChI is InChI=1S/C30H37FN2O3/c1-27-10-12-29(31)16-21-25(34)26(35)23(33(2)3)17-28(21)11-13-30(29,36-28)24(27)9-7-20(27)18-6-8-22-19(15-18)5-4-14-32-22/h4-8,14-15,21,23-26,34-35H,9-13,16-17H2,1-3H3/t21?,23-,24?,25+,26+,27+,28+,29?,30-/m0/s1. The molecule has 5 aliphatic rings. The van der Waals surface area contributed by atoms with Crippen LogP contribution in [0.4, 0.5) is 4.39 Å². The first-order valence-corrected chi connectivity index (χ1v) is 13.6. The Labute approximate surface area is 212 Å². The molecule has 7 rings (SSSR count). The smallest absolute Gasteiger partial charge is 0.140 e. The third-order valence-electron chi connectivity index (χ3n) is 11.1. The normalized spacial score (nSPS) is 47.4. The summed E-state index contributed by atoms with van der Waals surface area (Å²) < 4.78 is 24.3. The highest BCUT2D eigenvalue weighted by Gasteiger charge is 2.77. The van der Waals surface area contributed by atoms with Gasteiger partial charge >= 0.3 is 0 Å². The van der Waals surface area contributed by atoms with Gasteiger partial charge in [0.25, 0.3) is 0 Å². The summed E-state index contributed by atoms with van der Waals surface area (Å²) in [6, 6.07) is 10.4. The van der Waals surface area contributed by atoms with Crippen LogP contribution in [0.15, 0.2) is 42.6 Å². The summed E-state index contributed by atoms with van der Waals surface area (Å²) >= 11 is 0. The van der Waals surface area contributed by atoms with Gasteiger partial charge in [0.05, 0.1) is 23.3 Å². The molecule has 2 N–H and O–H groups in total. The van der Waals surface area contributed by atoms with Crippen molar-refractivity contribution >= 4 is 16.5 Å². The Kier molecular flexibility index (Phi) is 4.77. The Hall–Kier alpha value is -1.86. The fraction of sp³-hybridized carbons (Fsp3) is 0.633. The minimum Gasteiger partial charge on any atom is -0.390 e. The van der Waals surface area contributed by atoms with Crippen LogP contribution in [0.1, 0.15) is 57.4 Å². The number of likely N-dealkylation sites (N-methyl/N-ethyl adjacent to an activating group) is 1. The lowest BCUT2D eigenvalue weighted by molar-refractivity contribution is -0.314. The van der Waals surface area contributed by atoms with Gasteiger partial charge in [0.15, 0.2) is 0 Å². The van der Waals surface area contributed by atoms with Crippen molar-refractivity contribution in [2.24, 2.45) is 17.3 Å². The first kappa shape index (κ1) is 23.3. The molecule has 3 aliphatic carbocycles. The molecular weight excluding hydrogens is 455 g/mol. The van der Waals surface area contributed by atoms with E-state index in [1.807, 2.05) is 31.3 Å². The van der Waals surface area contributed by atoms with E-state index < -0.39 is 29.1 Å². The third kappa shape index (κ3) is 2.77. The minimum atomic E-state index is -1.48. The molecule has 4 fully saturated rings. The largest absolute Gasteiger partial charge is 0.390 e. The number of alkyl halides is 1. The highest BCUT2D eigenvalue weighted by atomic mass is 19.1. The van der Waals surface area contributed by atoms with Gasteiger partial charge in [-0.15, -0.1) is 0 Å². The predicted octanol–water partition coefficient (Wildman–Crippen LogP) is 4.51. The highest BCUT2D eigenvalue weighted by molar-refractivity contribution is 5.85. The minimum absolute atomic E-state index is 0.0606. The van der Waals surface area contributed by atoms with Crippen LogP contribution in [0.2, 0.25) is 0 Å². The van der Waals surface area contributed by atoms with Crippen molar-refractivity contribution in [2.75, 3.05) is 14.1 Å². The Morgan fingerprint density at radius 1 is 1.06 bits per heavy atom. The number of rotatable bonds is 2. The Morgan fingerprint density at radius 2 is 1.89 bits per heavy atom. The molecule has 0 radical (unpaired) electrons. The average Bonchev–Trinajstić information content (AvgIpc) is 3.39. The van der Waals surface area contributed by atoms with Gasteiger partial charge in [0.1, 0.15) is 11.3 Å². The lowest BCUT2D eigenvalue weighted by Gasteiger charge is -2.64. The van der Waals surface area contributed by atoms with Crippen molar-refractivity contribution in [3.8, 4) is 0 Å². The second-order valence-corrected chi connectivity index (χ2v) is 12.8. The maximum absolute atomic E-state index is 17.2. The molecule has 6 heteroatoms. The molecule has 192 valence electrons. The zero-order chi connectivity index (χ0) is 25.1. The van der Waals surface area contributed by atoms with Crippen LogP contribution >= 0.6 is 0 Å². The number of allylic oxidation sites excluding steroid dienone is 2. The molecule has 5 nitrogen and oxygen atoms in total. The van der Waals surface area contributed by atoms with Gasteiger partial charge in [-0.2, -0.15) is 0 Å². The topological polar surface area (TPSA) is 65.8 Å². The molecule has 2 spiro atoms. The molecule has 3 unspecified atom stereocenters. The number of ether oxygens (including phenoxy) is 1. The second-order valence-electron chi connectivity index (χ2n) is 12.8. The summed E-state index contributed by atoms with van der Waals surface area (Å²) in [6.45, 7) is 2.32. The Bertz CT molecular complexity index is 1270.